The van der Waals surface area contributed by atoms with E-state index in [-0.39, 0.29) is 18.0 Å². The van der Waals surface area contributed by atoms with E-state index in [1.54, 1.807) is 0 Å². The van der Waals surface area contributed by atoms with Gasteiger partial charge in [0.1, 0.15) is 5.75 Å². The lowest BCUT2D eigenvalue weighted by atomic mass is 10.2. The number of benzene rings is 2. The Hall–Kier alpha value is -2.85. The van der Waals surface area contributed by atoms with Gasteiger partial charge in [0.05, 0.1) is 16.9 Å². The first kappa shape index (κ1) is 20.5. The zero-order chi connectivity index (χ0) is 20.2. The third kappa shape index (κ3) is 5.56. The Morgan fingerprint density at radius 3 is 2.44 bits per heavy atom. The monoisotopic (exact) mass is 413 g/mol. The van der Waals surface area contributed by atoms with Crippen molar-refractivity contribution in [3.63, 3.8) is 0 Å². The number of nitrogens with zero attached hydrogens (tertiary/aromatic N) is 2. The third-order valence-electron chi connectivity index (χ3n) is 3.56. The number of ether oxygens (including phenoxy) is 1. The number of nitrogens with one attached hydrogen (secondary N) is 1. The Bertz CT molecular complexity index is 963. The number of nitro benzene ring substituents is 1. The highest BCUT2D eigenvalue weighted by molar-refractivity contribution is 7.92. The van der Waals surface area contributed by atoms with E-state index in [1.807, 2.05) is 0 Å². The van der Waals surface area contributed by atoms with Crippen LogP contribution in [-0.4, -0.2) is 32.7 Å². The maximum Gasteiger partial charge on any atom is 0.412 e. The number of carbonyl (C=O) groups is 1. The maximum absolute atomic E-state index is 11.9. The Balaban J connectivity index is 2.08. The molecule has 9 nitrogen and oxygen atoms in total. The minimum atomic E-state index is -3.50. The van der Waals surface area contributed by atoms with Gasteiger partial charge in [-0.25, -0.2) is 13.2 Å². The van der Waals surface area contributed by atoms with Crippen LogP contribution < -0.4 is 14.4 Å². The SMILES string of the molecule is CN(c1ccc(Cl)cc1CNC(=O)Oc1ccc([N+](=O)[O-])cc1)S(C)(=O)=O. The minimum Gasteiger partial charge on any atom is -0.410 e. The zero-order valence-corrected chi connectivity index (χ0v) is 16.0. The number of rotatable bonds is 6. The molecule has 0 atom stereocenters. The molecule has 0 bridgehead atoms. The van der Waals surface area contributed by atoms with Crippen molar-refractivity contribution in [1.82, 2.24) is 5.32 Å². The van der Waals surface area contributed by atoms with Crippen molar-refractivity contribution in [2.45, 2.75) is 6.54 Å². The number of hydrogen-bond donors (Lipinski definition) is 1. The molecule has 0 aliphatic heterocycles. The summed E-state index contributed by atoms with van der Waals surface area (Å²) in [6.07, 6.45) is 0.249. The molecule has 0 unspecified atom stereocenters. The molecule has 1 amide bonds. The summed E-state index contributed by atoms with van der Waals surface area (Å²) in [4.78, 5) is 22.0. The fraction of sp³-hybridized carbons (Fsp3) is 0.188. The standard InChI is InChI=1S/C16H16ClN3O6S/c1-19(27(2,24)25)15-8-3-12(17)9-11(15)10-18-16(21)26-14-6-4-13(5-7-14)20(22)23/h3-9H,10H2,1-2H3,(H,18,21). The van der Waals surface area contributed by atoms with Gasteiger partial charge in [-0.3, -0.25) is 14.4 Å². The van der Waals surface area contributed by atoms with E-state index < -0.39 is 21.0 Å². The van der Waals surface area contributed by atoms with Crippen molar-refractivity contribution in [3.05, 3.63) is 63.2 Å². The second-order valence-electron chi connectivity index (χ2n) is 5.50. The number of hydrogen-bond acceptors (Lipinski definition) is 6. The van der Waals surface area contributed by atoms with Crippen LogP contribution in [0.1, 0.15) is 5.56 Å². The summed E-state index contributed by atoms with van der Waals surface area (Å²) >= 11 is 5.95. The van der Waals surface area contributed by atoms with Gasteiger partial charge in [0.25, 0.3) is 5.69 Å². The Labute approximate surface area is 160 Å². The van der Waals surface area contributed by atoms with Crippen LogP contribution >= 0.6 is 11.6 Å². The van der Waals surface area contributed by atoms with Crippen molar-refractivity contribution >= 4 is 39.1 Å². The van der Waals surface area contributed by atoms with Crippen molar-refractivity contribution < 1.29 is 22.9 Å². The van der Waals surface area contributed by atoms with E-state index in [0.29, 0.717) is 16.3 Å². The van der Waals surface area contributed by atoms with Crippen molar-refractivity contribution in [1.29, 1.82) is 0 Å². The van der Waals surface area contributed by atoms with E-state index in [4.69, 9.17) is 16.3 Å². The molecule has 0 aliphatic carbocycles. The van der Waals surface area contributed by atoms with Crippen LogP contribution in [0.15, 0.2) is 42.5 Å². The number of nitro groups is 1. The van der Waals surface area contributed by atoms with Crippen LogP contribution in [0.3, 0.4) is 0 Å². The quantitative estimate of drug-likeness (QED) is 0.574. The van der Waals surface area contributed by atoms with Gasteiger partial charge in [-0.05, 0) is 35.9 Å². The summed E-state index contributed by atoms with van der Waals surface area (Å²) in [6, 6.07) is 9.60. The van der Waals surface area contributed by atoms with Gasteiger partial charge in [-0.1, -0.05) is 11.6 Å². The summed E-state index contributed by atoms with van der Waals surface area (Å²) in [5.74, 6) is 0.123. The molecule has 0 spiro atoms. The first-order valence-corrected chi connectivity index (χ1v) is 9.73. The molecule has 0 aromatic heterocycles. The largest absolute Gasteiger partial charge is 0.412 e. The van der Waals surface area contributed by atoms with E-state index in [0.717, 1.165) is 10.6 Å². The van der Waals surface area contributed by atoms with Crippen LogP contribution in [-0.2, 0) is 16.6 Å². The van der Waals surface area contributed by atoms with Crippen molar-refractivity contribution in [2.75, 3.05) is 17.6 Å². The molecule has 144 valence electrons. The van der Waals surface area contributed by atoms with E-state index >= 15 is 0 Å². The predicted molar refractivity (Wildman–Crippen MR) is 101 cm³/mol. The van der Waals surface area contributed by atoms with Gasteiger partial charge in [0.2, 0.25) is 10.0 Å². The topological polar surface area (TPSA) is 119 Å². The molecule has 27 heavy (non-hydrogen) atoms. The molecule has 0 saturated heterocycles. The fourth-order valence-corrected chi connectivity index (χ4v) is 2.86. The van der Waals surface area contributed by atoms with Crippen molar-refractivity contribution in [2.24, 2.45) is 0 Å². The van der Waals surface area contributed by atoms with Gasteiger partial charge < -0.3 is 10.1 Å². The fourth-order valence-electron chi connectivity index (χ4n) is 2.13. The highest BCUT2D eigenvalue weighted by Gasteiger charge is 2.17. The first-order valence-electron chi connectivity index (χ1n) is 7.50. The van der Waals surface area contributed by atoms with Crippen LogP contribution in [0.4, 0.5) is 16.2 Å². The number of sulfonamides is 1. The van der Waals surface area contributed by atoms with Gasteiger partial charge in [-0.15, -0.1) is 0 Å². The summed E-state index contributed by atoms with van der Waals surface area (Å²) < 4.78 is 29.6. The zero-order valence-electron chi connectivity index (χ0n) is 14.4. The third-order valence-corrected chi connectivity index (χ3v) is 4.99. The highest BCUT2D eigenvalue weighted by atomic mass is 35.5. The van der Waals surface area contributed by atoms with E-state index in [2.05, 4.69) is 5.32 Å². The first-order chi connectivity index (χ1) is 12.6. The molecular formula is C16H16ClN3O6S. The van der Waals surface area contributed by atoms with Crippen LogP contribution in [0, 0.1) is 10.1 Å². The molecule has 0 saturated carbocycles. The highest BCUT2D eigenvalue weighted by Crippen LogP contribution is 2.25. The molecule has 2 aromatic carbocycles. The van der Waals surface area contributed by atoms with E-state index in [9.17, 15) is 23.3 Å². The Kier molecular flexibility index (Phi) is 6.24. The molecule has 11 heteroatoms. The molecule has 0 fully saturated rings. The van der Waals surface area contributed by atoms with E-state index in [1.165, 1.54) is 49.5 Å². The molecular weight excluding hydrogens is 398 g/mol. The Morgan fingerprint density at radius 2 is 1.89 bits per heavy atom. The molecule has 1 N–H and O–H groups in total. The summed E-state index contributed by atoms with van der Waals surface area (Å²) in [5, 5.41) is 13.5. The number of amides is 1. The number of halogens is 1. The van der Waals surface area contributed by atoms with Gasteiger partial charge >= 0.3 is 6.09 Å². The predicted octanol–water partition coefficient (Wildman–Crippen LogP) is 2.93. The maximum atomic E-state index is 11.9. The molecule has 0 aliphatic rings. The van der Waals surface area contributed by atoms with Gasteiger partial charge in [-0.2, -0.15) is 0 Å². The second kappa shape index (κ2) is 8.23. The normalized spacial score (nSPS) is 10.9. The number of non-ortho nitro benzene ring substituents is 1. The average Bonchev–Trinajstić information content (AvgIpc) is 2.59. The number of carbonyl (C=O) groups excluding carboxylic acids is 1. The van der Waals surface area contributed by atoms with Gasteiger partial charge in [0.15, 0.2) is 0 Å². The molecule has 0 heterocycles. The second-order valence-corrected chi connectivity index (χ2v) is 7.95. The lowest BCUT2D eigenvalue weighted by Gasteiger charge is -2.20. The van der Waals surface area contributed by atoms with Crippen LogP contribution in [0.5, 0.6) is 5.75 Å². The average molecular weight is 414 g/mol. The lowest BCUT2D eigenvalue weighted by Crippen LogP contribution is -2.29. The summed E-state index contributed by atoms with van der Waals surface area (Å²) in [7, 11) is -2.11. The lowest BCUT2D eigenvalue weighted by molar-refractivity contribution is -0.384. The number of anilines is 1. The smallest absolute Gasteiger partial charge is 0.410 e. The minimum absolute atomic E-state index is 0.0401. The molecule has 2 aromatic rings. The summed E-state index contributed by atoms with van der Waals surface area (Å²) in [6.45, 7) is -0.0401. The summed E-state index contributed by atoms with van der Waals surface area (Å²) in [5.41, 5.74) is 0.698. The van der Waals surface area contributed by atoms with Crippen LogP contribution in [0.2, 0.25) is 5.02 Å². The van der Waals surface area contributed by atoms with Crippen LogP contribution in [0.25, 0.3) is 0 Å². The van der Waals surface area contributed by atoms with Gasteiger partial charge in [0, 0.05) is 30.7 Å². The Morgan fingerprint density at radius 1 is 1.26 bits per heavy atom. The molecule has 0 radical (unpaired) electrons. The van der Waals surface area contributed by atoms with Crippen molar-refractivity contribution in [3.8, 4) is 5.75 Å². The molecule has 2 rings (SSSR count).